The van der Waals surface area contributed by atoms with Crippen LogP contribution in [0.4, 0.5) is 0 Å². The van der Waals surface area contributed by atoms with Crippen molar-refractivity contribution >= 4 is 10.9 Å². The van der Waals surface area contributed by atoms with Gasteiger partial charge in [-0.1, -0.05) is 20.8 Å². The summed E-state index contributed by atoms with van der Waals surface area (Å²) in [6, 6.07) is 0. The van der Waals surface area contributed by atoms with Crippen molar-refractivity contribution < 1.29 is 0 Å². The molecule has 116 valence electrons. The van der Waals surface area contributed by atoms with Crippen LogP contribution in [-0.4, -0.2) is 4.57 Å². The van der Waals surface area contributed by atoms with Gasteiger partial charge >= 0.3 is 0 Å². The Morgan fingerprint density at radius 3 is 1.76 bits per heavy atom. The van der Waals surface area contributed by atoms with Crippen molar-refractivity contribution in [3.63, 3.8) is 0 Å². The van der Waals surface area contributed by atoms with Gasteiger partial charge in [0, 0.05) is 18.1 Å². The maximum atomic E-state index is 2.43. The number of aromatic nitrogens is 1. The molecule has 0 amide bonds. The first kappa shape index (κ1) is 16.1. The zero-order valence-electron chi connectivity index (χ0n) is 15.4. The smallest absolute Gasteiger partial charge is 0.0518 e. The molecule has 1 aromatic heterocycles. The van der Waals surface area contributed by atoms with Crippen molar-refractivity contribution in [2.45, 2.75) is 73.6 Å². The maximum Gasteiger partial charge on any atom is 0.0518 e. The summed E-state index contributed by atoms with van der Waals surface area (Å²) in [7, 11) is 2.23. The van der Waals surface area contributed by atoms with Crippen LogP contribution in [0.3, 0.4) is 0 Å². The molecule has 1 heteroatoms. The Labute approximate surface area is 130 Å². The number of benzene rings is 1. The first-order chi connectivity index (χ1) is 9.71. The Balaban J connectivity index is 3.08. The summed E-state index contributed by atoms with van der Waals surface area (Å²) in [6.07, 6.45) is 2.38. The second-order valence-electron chi connectivity index (χ2n) is 7.01. The molecule has 0 unspecified atom stereocenters. The predicted octanol–water partition coefficient (Wildman–Crippen LogP) is 5.80. The van der Waals surface area contributed by atoms with Crippen molar-refractivity contribution in [1.82, 2.24) is 4.57 Å². The molecule has 1 heterocycles. The average molecular weight is 285 g/mol. The molecule has 0 saturated carbocycles. The van der Waals surface area contributed by atoms with Crippen molar-refractivity contribution in [2.24, 2.45) is 7.05 Å². The van der Waals surface area contributed by atoms with E-state index in [9.17, 15) is 0 Å². The SMILES string of the molecule is CCC(C)(CC)c1c(C)n(C)c2c(C)c(C)c(C)c(C)c12. The van der Waals surface area contributed by atoms with Gasteiger partial charge in [0.1, 0.15) is 0 Å². The summed E-state index contributed by atoms with van der Waals surface area (Å²) < 4.78 is 2.42. The fourth-order valence-electron chi connectivity index (χ4n) is 3.88. The van der Waals surface area contributed by atoms with Crippen LogP contribution < -0.4 is 0 Å². The van der Waals surface area contributed by atoms with Gasteiger partial charge in [-0.3, -0.25) is 0 Å². The molecular weight excluding hydrogens is 254 g/mol. The molecule has 1 aromatic carbocycles. The van der Waals surface area contributed by atoms with E-state index >= 15 is 0 Å². The third-order valence-electron chi connectivity index (χ3n) is 6.27. The van der Waals surface area contributed by atoms with Crippen LogP contribution in [0.1, 0.15) is 67.1 Å². The lowest BCUT2D eigenvalue weighted by Gasteiger charge is -2.28. The van der Waals surface area contributed by atoms with Gasteiger partial charge in [-0.2, -0.15) is 0 Å². The highest BCUT2D eigenvalue weighted by Crippen LogP contribution is 2.43. The Morgan fingerprint density at radius 2 is 1.29 bits per heavy atom. The molecule has 0 spiro atoms. The van der Waals surface area contributed by atoms with E-state index in [-0.39, 0.29) is 5.41 Å². The molecule has 2 rings (SSSR count). The van der Waals surface area contributed by atoms with Crippen LogP contribution in [0, 0.1) is 34.6 Å². The van der Waals surface area contributed by atoms with E-state index in [1.165, 1.54) is 51.7 Å². The predicted molar refractivity (Wildman–Crippen MR) is 94.5 cm³/mol. The summed E-state index contributed by atoms with van der Waals surface area (Å²) in [5, 5.41) is 1.52. The molecule has 0 atom stereocenters. The maximum absolute atomic E-state index is 2.43. The summed E-state index contributed by atoms with van der Waals surface area (Å²) >= 11 is 0. The third-order valence-corrected chi connectivity index (χ3v) is 6.27. The molecular formula is C20H31N. The first-order valence-electron chi connectivity index (χ1n) is 8.27. The van der Waals surface area contributed by atoms with Crippen molar-refractivity contribution in [3.8, 4) is 0 Å². The number of hydrogen-bond acceptors (Lipinski definition) is 0. The minimum atomic E-state index is 0.266. The van der Waals surface area contributed by atoms with Crippen LogP contribution in [0.15, 0.2) is 0 Å². The molecule has 0 aliphatic rings. The van der Waals surface area contributed by atoms with Gasteiger partial charge in [0.2, 0.25) is 0 Å². The number of fused-ring (bicyclic) bond motifs is 1. The summed E-state index contributed by atoms with van der Waals surface area (Å²) in [5.74, 6) is 0. The van der Waals surface area contributed by atoms with E-state index in [1.54, 1.807) is 5.56 Å². The average Bonchev–Trinajstić information content (AvgIpc) is 2.75. The molecule has 2 aromatic rings. The standard InChI is InChI=1S/C20H31N/c1-10-20(8,11-2)18-16(7)21(9)19-15(6)13(4)12(3)14(5)17(18)19/h10-11H2,1-9H3. The van der Waals surface area contributed by atoms with E-state index in [0.29, 0.717) is 0 Å². The highest BCUT2D eigenvalue weighted by molar-refractivity contribution is 5.93. The third kappa shape index (κ3) is 2.05. The minimum absolute atomic E-state index is 0.266. The monoisotopic (exact) mass is 285 g/mol. The minimum Gasteiger partial charge on any atom is -0.347 e. The first-order valence-corrected chi connectivity index (χ1v) is 8.27. The van der Waals surface area contributed by atoms with Crippen LogP contribution in [0.2, 0.25) is 0 Å². The van der Waals surface area contributed by atoms with Crippen LogP contribution in [0.5, 0.6) is 0 Å². The Hall–Kier alpha value is -1.24. The molecule has 21 heavy (non-hydrogen) atoms. The normalized spacial score (nSPS) is 12.4. The van der Waals surface area contributed by atoms with E-state index in [0.717, 1.165) is 0 Å². The van der Waals surface area contributed by atoms with Gasteiger partial charge in [0.15, 0.2) is 0 Å². The molecule has 0 bridgehead atoms. The number of aryl methyl sites for hydroxylation is 3. The lowest BCUT2D eigenvalue weighted by Crippen LogP contribution is -2.21. The van der Waals surface area contributed by atoms with Gasteiger partial charge in [-0.15, -0.1) is 0 Å². The van der Waals surface area contributed by atoms with E-state index < -0.39 is 0 Å². The molecule has 0 aliphatic carbocycles. The zero-order valence-corrected chi connectivity index (χ0v) is 15.4. The van der Waals surface area contributed by atoms with E-state index in [1.807, 2.05) is 0 Å². The zero-order chi connectivity index (χ0) is 16.1. The number of rotatable bonds is 3. The summed E-state index contributed by atoms with van der Waals surface area (Å²) in [5.41, 5.74) is 10.5. The highest BCUT2D eigenvalue weighted by Gasteiger charge is 2.31. The Bertz CT molecular complexity index is 697. The number of nitrogens with zero attached hydrogens (tertiary/aromatic N) is 1. The summed E-state index contributed by atoms with van der Waals surface area (Å²) in [4.78, 5) is 0. The summed E-state index contributed by atoms with van der Waals surface area (Å²) in [6.45, 7) is 18.5. The highest BCUT2D eigenvalue weighted by atomic mass is 15.0. The van der Waals surface area contributed by atoms with Crippen molar-refractivity contribution in [1.29, 1.82) is 0 Å². The lowest BCUT2D eigenvalue weighted by atomic mass is 9.75. The van der Waals surface area contributed by atoms with Gasteiger partial charge < -0.3 is 4.57 Å². The molecule has 0 aliphatic heterocycles. The fraction of sp³-hybridized carbons (Fsp3) is 0.600. The van der Waals surface area contributed by atoms with Gasteiger partial charge in [-0.25, -0.2) is 0 Å². The van der Waals surface area contributed by atoms with E-state index in [2.05, 4.69) is 67.0 Å². The quantitative estimate of drug-likeness (QED) is 0.672. The molecule has 1 nitrogen and oxygen atoms in total. The Kier molecular flexibility index (Phi) is 3.99. The van der Waals surface area contributed by atoms with Crippen LogP contribution >= 0.6 is 0 Å². The van der Waals surface area contributed by atoms with Crippen LogP contribution in [-0.2, 0) is 12.5 Å². The molecule has 0 fully saturated rings. The fourth-order valence-corrected chi connectivity index (χ4v) is 3.88. The molecule has 0 radical (unpaired) electrons. The lowest BCUT2D eigenvalue weighted by molar-refractivity contribution is 0.438. The molecule has 0 saturated heterocycles. The largest absolute Gasteiger partial charge is 0.347 e. The Morgan fingerprint density at radius 1 is 0.810 bits per heavy atom. The second kappa shape index (κ2) is 5.19. The van der Waals surface area contributed by atoms with Crippen LogP contribution in [0.25, 0.3) is 10.9 Å². The topological polar surface area (TPSA) is 4.93 Å². The molecule has 0 N–H and O–H groups in total. The van der Waals surface area contributed by atoms with Gasteiger partial charge in [0.25, 0.3) is 0 Å². The van der Waals surface area contributed by atoms with E-state index in [4.69, 9.17) is 0 Å². The van der Waals surface area contributed by atoms with Gasteiger partial charge in [0.05, 0.1) is 5.52 Å². The van der Waals surface area contributed by atoms with Gasteiger partial charge in [-0.05, 0) is 80.7 Å². The number of hydrogen-bond donors (Lipinski definition) is 0. The van der Waals surface area contributed by atoms with Crippen molar-refractivity contribution in [2.75, 3.05) is 0 Å². The second-order valence-corrected chi connectivity index (χ2v) is 7.01. The van der Waals surface area contributed by atoms with Crippen molar-refractivity contribution in [3.05, 3.63) is 33.5 Å².